The third-order valence-corrected chi connectivity index (χ3v) is 1.19. The van der Waals surface area contributed by atoms with E-state index in [0.717, 1.165) is 13.0 Å². The third-order valence-electron chi connectivity index (χ3n) is 1.19. The molecule has 2 heteroatoms. The molecule has 0 saturated carbocycles. The van der Waals surface area contributed by atoms with E-state index in [-0.39, 0.29) is 0 Å². The second-order valence-electron chi connectivity index (χ2n) is 1.70. The van der Waals surface area contributed by atoms with Crippen molar-refractivity contribution >= 4 is 5.84 Å². The highest BCUT2D eigenvalue weighted by Gasteiger charge is 2.02. The van der Waals surface area contributed by atoms with Crippen LogP contribution in [0.25, 0.3) is 0 Å². The van der Waals surface area contributed by atoms with Crippen LogP contribution in [0.1, 0.15) is 26.7 Å². The third kappa shape index (κ3) is 3.12. The first kappa shape index (κ1) is 8.47. The lowest BCUT2D eigenvalue weighted by Crippen LogP contribution is -2.13. The van der Waals surface area contributed by atoms with E-state index in [1.807, 2.05) is 20.9 Å². The van der Waals surface area contributed by atoms with Gasteiger partial charge in [-0.1, -0.05) is 13.8 Å². The normalized spacial score (nSPS) is 20.6. The maximum Gasteiger partial charge on any atom is 0.0960 e. The Bertz CT molecular complexity index is 78.9. The quantitative estimate of drug-likeness (QED) is 0.524. The Morgan fingerprint density at radius 3 is 2.33 bits per heavy atom. The van der Waals surface area contributed by atoms with E-state index in [1.165, 1.54) is 12.3 Å². The molecule has 0 radical (unpaired) electrons. The second-order valence-corrected chi connectivity index (χ2v) is 1.70. The molecule has 1 N–H and O–H groups in total. The highest BCUT2D eigenvalue weighted by Crippen LogP contribution is 1.96. The van der Waals surface area contributed by atoms with Crippen molar-refractivity contribution in [2.75, 3.05) is 13.6 Å². The van der Waals surface area contributed by atoms with Gasteiger partial charge in [-0.2, -0.15) is 0 Å². The number of nitrogens with one attached hydrogen (secondary N) is 1. The molecular formula is C7H16N2. The predicted molar refractivity (Wildman–Crippen MR) is 41.9 cm³/mol. The first-order valence-electron chi connectivity index (χ1n) is 3.63. The zero-order valence-electron chi connectivity index (χ0n) is 6.57. The number of rotatable bonds is 0. The lowest BCUT2D eigenvalue weighted by atomic mass is 10.4. The molecular weight excluding hydrogens is 112 g/mol. The fourth-order valence-corrected chi connectivity index (χ4v) is 0.768. The highest BCUT2D eigenvalue weighted by atomic mass is 15.0. The van der Waals surface area contributed by atoms with Gasteiger partial charge in [-0.25, -0.2) is 0 Å². The summed E-state index contributed by atoms with van der Waals surface area (Å²) in [6, 6.07) is 0. The molecule has 1 rings (SSSR count). The van der Waals surface area contributed by atoms with E-state index in [2.05, 4.69) is 10.3 Å². The molecule has 1 aliphatic heterocycles. The van der Waals surface area contributed by atoms with Gasteiger partial charge in [0.05, 0.1) is 5.84 Å². The van der Waals surface area contributed by atoms with Gasteiger partial charge >= 0.3 is 0 Å². The van der Waals surface area contributed by atoms with E-state index in [9.17, 15) is 0 Å². The fraction of sp³-hybridized carbons (Fsp3) is 0.857. The Hall–Kier alpha value is -0.530. The monoisotopic (exact) mass is 128 g/mol. The fourth-order valence-electron chi connectivity index (χ4n) is 0.768. The molecule has 1 saturated heterocycles. The van der Waals surface area contributed by atoms with Crippen LogP contribution in [0.2, 0.25) is 0 Å². The summed E-state index contributed by atoms with van der Waals surface area (Å²) < 4.78 is 0. The van der Waals surface area contributed by atoms with Crippen molar-refractivity contribution in [3.8, 4) is 0 Å². The highest BCUT2D eigenvalue weighted by molar-refractivity contribution is 5.83. The average Bonchev–Trinajstić information content (AvgIpc) is 2.43. The first-order valence-corrected chi connectivity index (χ1v) is 3.63. The summed E-state index contributed by atoms with van der Waals surface area (Å²) in [5, 5.41) is 3.16. The summed E-state index contributed by atoms with van der Waals surface area (Å²) >= 11 is 0. The van der Waals surface area contributed by atoms with Crippen molar-refractivity contribution in [1.82, 2.24) is 5.32 Å². The van der Waals surface area contributed by atoms with Crippen molar-refractivity contribution in [1.29, 1.82) is 0 Å². The second kappa shape index (κ2) is 5.60. The summed E-state index contributed by atoms with van der Waals surface area (Å²) in [4.78, 5) is 3.99. The van der Waals surface area contributed by atoms with E-state index in [1.54, 1.807) is 0 Å². The Morgan fingerprint density at radius 2 is 2.11 bits per heavy atom. The predicted octanol–water partition coefficient (Wildman–Crippen LogP) is 1.42. The zero-order valence-corrected chi connectivity index (χ0v) is 6.57. The zero-order chi connectivity index (χ0) is 7.11. The van der Waals surface area contributed by atoms with Gasteiger partial charge in [0.15, 0.2) is 0 Å². The number of hydrogen-bond acceptors (Lipinski definition) is 1. The van der Waals surface area contributed by atoms with Crippen LogP contribution in [0.3, 0.4) is 0 Å². The van der Waals surface area contributed by atoms with Crippen LogP contribution < -0.4 is 5.32 Å². The molecule has 0 aliphatic carbocycles. The number of aliphatic imine (C=N–C) groups is 1. The maximum atomic E-state index is 3.99. The molecule has 1 aliphatic rings. The number of hydrogen-bond donors (Lipinski definition) is 1. The molecule has 0 aromatic heterocycles. The molecule has 0 amide bonds. The number of amidine groups is 1. The van der Waals surface area contributed by atoms with E-state index in [0.29, 0.717) is 0 Å². The molecule has 9 heavy (non-hydrogen) atoms. The summed E-state index contributed by atoms with van der Waals surface area (Å²) in [6.45, 7) is 5.12. The van der Waals surface area contributed by atoms with Gasteiger partial charge in [0.2, 0.25) is 0 Å². The molecule has 0 atom stereocenters. The van der Waals surface area contributed by atoms with Crippen LogP contribution in [0.5, 0.6) is 0 Å². The molecule has 0 aromatic rings. The van der Waals surface area contributed by atoms with E-state index < -0.39 is 0 Å². The Labute approximate surface area is 57.4 Å². The Kier molecular flexibility index (Phi) is 5.27. The summed E-state index contributed by atoms with van der Waals surface area (Å²) in [7, 11) is 1.83. The summed E-state index contributed by atoms with van der Waals surface area (Å²) in [5.41, 5.74) is 0. The molecule has 0 aromatic carbocycles. The van der Waals surface area contributed by atoms with Crippen molar-refractivity contribution in [3.05, 3.63) is 0 Å². The van der Waals surface area contributed by atoms with Crippen molar-refractivity contribution in [2.45, 2.75) is 26.7 Å². The van der Waals surface area contributed by atoms with Crippen LogP contribution >= 0.6 is 0 Å². The lowest BCUT2D eigenvalue weighted by Gasteiger charge is -1.89. The smallest absolute Gasteiger partial charge is 0.0960 e. The van der Waals surface area contributed by atoms with Crippen molar-refractivity contribution < 1.29 is 0 Å². The van der Waals surface area contributed by atoms with Crippen LogP contribution in [0, 0.1) is 0 Å². The lowest BCUT2D eigenvalue weighted by molar-refractivity contribution is 0.912. The summed E-state index contributed by atoms with van der Waals surface area (Å²) in [5.74, 6) is 1.17. The molecule has 0 spiro atoms. The van der Waals surface area contributed by atoms with Gasteiger partial charge < -0.3 is 5.32 Å². The number of nitrogens with zero attached hydrogens (tertiary/aromatic N) is 1. The van der Waals surface area contributed by atoms with Gasteiger partial charge in [0.1, 0.15) is 0 Å². The van der Waals surface area contributed by atoms with Gasteiger partial charge in [0, 0.05) is 20.0 Å². The Morgan fingerprint density at radius 1 is 1.44 bits per heavy atom. The molecule has 1 heterocycles. The van der Waals surface area contributed by atoms with Gasteiger partial charge in [-0.3, -0.25) is 4.99 Å². The van der Waals surface area contributed by atoms with E-state index >= 15 is 0 Å². The topological polar surface area (TPSA) is 24.4 Å². The van der Waals surface area contributed by atoms with Gasteiger partial charge in [-0.15, -0.1) is 0 Å². The van der Waals surface area contributed by atoms with Gasteiger partial charge in [-0.05, 0) is 6.42 Å². The largest absolute Gasteiger partial charge is 0.374 e. The van der Waals surface area contributed by atoms with E-state index in [4.69, 9.17) is 0 Å². The SMILES string of the molecule is CC.CN=C1CCCN1. The van der Waals surface area contributed by atoms with Crippen LogP contribution in [-0.2, 0) is 0 Å². The van der Waals surface area contributed by atoms with Crippen LogP contribution in [-0.4, -0.2) is 19.4 Å². The molecule has 1 fully saturated rings. The van der Waals surface area contributed by atoms with Crippen LogP contribution in [0.4, 0.5) is 0 Å². The van der Waals surface area contributed by atoms with Crippen molar-refractivity contribution in [2.24, 2.45) is 4.99 Å². The molecule has 0 unspecified atom stereocenters. The molecule has 54 valence electrons. The van der Waals surface area contributed by atoms with Crippen LogP contribution in [0.15, 0.2) is 4.99 Å². The first-order chi connectivity index (χ1) is 4.43. The van der Waals surface area contributed by atoms with Crippen molar-refractivity contribution in [3.63, 3.8) is 0 Å². The average molecular weight is 128 g/mol. The summed E-state index contributed by atoms with van der Waals surface area (Å²) in [6.07, 6.45) is 2.41. The maximum absolute atomic E-state index is 3.99. The molecule has 2 nitrogen and oxygen atoms in total. The minimum Gasteiger partial charge on any atom is -0.374 e. The Balaban J connectivity index is 0.000000291. The minimum absolute atomic E-state index is 1.12. The standard InChI is InChI=1S/C5H10N2.C2H6/c1-6-5-3-2-4-7-5;1-2/h2-4H2,1H3,(H,6,7);1-2H3. The minimum atomic E-state index is 1.12. The van der Waals surface area contributed by atoms with Gasteiger partial charge in [0.25, 0.3) is 0 Å². The molecule has 0 bridgehead atoms.